The van der Waals surface area contributed by atoms with E-state index >= 15 is 0 Å². The summed E-state index contributed by atoms with van der Waals surface area (Å²) < 4.78 is 25.6. The van der Waals surface area contributed by atoms with Crippen molar-refractivity contribution in [2.45, 2.75) is 31.7 Å². The SMILES string of the molecule is C=CCn1c(SCC(=O)Nc2sc(C)cc2C(=O)OC)nnc1C(C)Oc1ccc(F)cc1. The average Bonchev–Trinajstić information content (AvgIpc) is 3.36. The van der Waals surface area contributed by atoms with Crippen molar-refractivity contribution in [2.24, 2.45) is 0 Å². The molecule has 1 amide bonds. The highest BCUT2D eigenvalue weighted by Crippen LogP contribution is 2.29. The topological polar surface area (TPSA) is 95.3 Å². The molecule has 1 aromatic carbocycles. The number of thioether (sulfide) groups is 1. The molecule has 0 radical (unpaired) electrons. The number of thiophene rings is 1. The summed E-state index contributed by atoms with van der Waals surface area (Å²) in [4.78, 5) is 25.3. The molecule has 0 saturated heterocycles. The lowest BCUT2D eigenvalue weighted by Crippen LogP contribution is -2.16. The van der Waals surface area contributed by atoms with Crippen LogP contribution in [0.3, 0.4) is 0 Å². The molecule has 2 aromatic heterocycles. The molecular weight excluding hydrogens is 467 g/mol. The standard InChI is InChI=1S/C22H23FN4O4S2/c1-5-10-27-19(14(3)31-16-8-6-15(23)7-9-16)25-26-22(27)32-12-18(28)24-20-17(21(29)30-4)11-13(2)33-20/h5-9,11,14H,1,10,12H2,2-4H3,(H,24,28). The number of halogens is 1. The number of ether oxygens (including phenoxy) is 2. The normalized spacial score (nSPS) is 11.6. The molecule has 0 aliphatic rings. The molecule has 0 spiro atoms. The van der Waals surface area contributed by atoms with E-state index in [1.807, 2.05) is 13.8 Å². The van der Waals surface area contributed by atoms with Gasteiger partial charge in [-0.3, -0.25) is 9.36 Å². The van der Waals surface area contributed by atoms with Gasteiger partial charge in [0.05, 0.1) is 18.4 Å². The molecule has 1 atom stereocenters. The third-order valence-electron chi connectivity index (χ3n) is 4.39. The second kappa shape index (κ2) is 11.1. The number of carbonyl (C=O) groups is 2. The van der Waals surface area contributed by atoms with E-state index in [0.717, 1.165) is 4.88 Å². The molecule has 33 heavy (non-hydrogen) atoms. The maximum Gasteiger partial charge on any atom is 0.340 e. The molecule has 3 rings (SSSR count). The fraction of sp³-hybridized carbons (Fsp3) is 0.273. The number of nitrogens with zero attached hydrogens (tertiary/aromatic N) is 3. The van der Waals surface area contributed by atoms with Crippen molar-refractivity contribution in [1.29, 1.82) is 0 Å². The molecule has 1 N–H and O–H groups in total. The third kappa shape index (κ3) is 6.20. The van der Waals surface area contributed by atoms with Gasteiger partial charge < -0.3 is 14.8 Å². The number of esters is 1. The molecule has 3 aromatic rings. The van der Waals surface area contributed by atoms with Crippen LogP contribution in [0.2, 0.25) is 0 Å². The first-order valence-corrected chi connectivity index (χ1v) is 11.7. The van der Waals surface area contributed by atoms with E-state index in [0.29, 0.717) is 33.8 Å². The summed E-state index contributed by atoms with van der Waals surface area (Å²) in [6, 6.07) is 7.38. The molecule has 11 heteroatoms. The third-order valence-corrected chi connectivity index (χ3v) is 6.33. The van der Waals surface area contributed by atoms with Gasteiger partial charge in [0.1, 0.15) is 16.6 Å². The van der Waals surface area contributed by atoms with Crippen LogP contribution < -0.4 is 10.1 Å². The summed E-state index contributed by atoms with van der Waals surface area (Å²) >= 11 is 2.50. The lowest BCUT2D eigenvalue weighted by atomic mass is 10.3. The van der Waals surface area contributed by atoms with E-state index in [-0.39, 0.29) is 17.5 Å². The van der Waals surface area contributed by atoms with Crippen molar-refractivity contribution in [3.05, 3.63) is 65.1 Å². The van der Waals surface area contributed by atoms with Gasteiger partial charge in [0.2, 0.25) is 5.91 Å². The van der Waals surface area contributed by atoms with Gasteiger partial charge in [-0.1, -0.05) is 17.8 Å². The fourth-order valence-corrected chi connectivity index (χ4v) is 4.61. The predicted molar refractivity (Wildman–Crippen MR) is 125 cm³/mol. The Hall–Kier alpha value is -3.18. The molecular formula is C22H23FN4O4S2. The smallest absolute Gasteiger partial charge is 0.340 e. The van der Waals surface area contributed by atoms with Gasteiger partial charge in [-0.2, -0.15) is 0 Å². The van der Waals surface area contributed by atoms with Crippen LogP contribution in [0.25, 0.3) is 0 Å². The van der Waals surface area contributed by atoms with E-state index in [1.54, 1.807) is 16.7 Å². The van der Waals surface area contributed by atoms with Crippen LogP contribution in [-0.4, -0.2) is 39.5 Å². The Morgan fingerprint density at radius 2 is 2.06 bits per heavy atom. The molecule has 0 aliphatic carbocycles. The number of hydrogen-bond donors (Lipinski definition) is 1. The number of aromatic nitrogens is 3. The quantitative estimate of drug-likeness (QED) is 0.251. The monoisotopic (exact) mass is 490 g/mol. The van der Waals surface area contributed by atoms with Gasteiger partial charge in [-0.15, -0.1) is 28.1 Å². The zero-order valence-electron chi connectivity index (χ0n) is 18.3. The Morgan fingerprint density at radius 3 is 2.73 bits per heavy atom. The second-order valence-electron chi connectivity index (χ2n) is 6.88. The summed E-state index contributed by atoms with van der Waals surface area (Å²) in [7, 11) is 1.29. The molecule has 0 bridgehead atoms. The lowest BCUT2D eigenvalue weighted by molar-refractivity contribution is -0.113. The summed E-state index contributed by atoms with van der Waals surface area (Å²) in [6.45, 7) is 7.84. The maximum atomic E-state index is 13.1. The Bertz CT molecular complexity index is 1140. The van der Waals surface area contributed by atoms with Crippen LogP contribution >= 0.6 is 23.1 Å². The number of benzene rings is 1. The van der Waals surface area contributed by atoms with Crippen LogP contribution in [0.5, 0.6) is 5.75 Å². The zero-order chi connectivity index (χ0) is 24.0. The van der Waals surface area contributed by atoms with Gasteiger partial charge in [-0.05, 0) is 44.2 Å². The van der Waals surface area contributed by atoms with Gasteiger partial charge in [-0.25, -0.2) is 9.18 Å². The number of amides is 1. The fourth-order valence-electron chi connectivity index (χ4n) is 2.94. The van der Waals surface area contributed by atoms with Crippen molar-refractivity contribution in [3.8, 4) is 5.75 Å². The molecule has 174 valence electrons. The number of carbonyl (C=O) groups excluding carboxylic acids is 2. The molecule has 8 nitrogen and oxygen atoms in total. The molecule has 0 aliphatic heterocycles. The van der Waals surface area contributed by atoms with E-state index < -0.39 is 12.1 Å². The number of aryl methyl sites for hydroxylation is 1. The van der Waals surface area contributed by atoms with Crippen molar-refractivity contribution < 1.29 is 23.5 Å². The molecule has 0 fully saturated rings. The van der Waals surface area contributed by atoms with Gasteiger partial charge >= 0.3 is 5.97 Å². The first-order chi connectivity index (χ1) is 15.8. The Kier molecular flexibility index (Phi) is 8.23. The minimum Gasteiger partial charge on any atom is -0.483 e. The minimum absolute atomic E-state index is 0.0556. The Morgan fingerprint density at radius 1 is 1.33 bits per heavy atom. The Labute approximate surface area is 198 Å². The summed E-state index contributed by atoms with van der Waals surface area (Å²) in [5, 5.41) is 12.1. The number of allylic oxidation sites excluding steroid dienone is 1. The van der Waals surface area contributed by atoms with Crippen molar-refractivity contribution in [3.63, 3.8) is 0 Å². The molecule has 0 saturated carbocycles. The zero-order valence-corrected chi connectivity index (χ0v) is 20.0. The van der Waals surface area contributed by atoms with Crippen LogP contribution in [-0.2, 0) is 16.1 Å². The first-order valence-electron chi connectivity index (χ1n) is 9.90. The molecule has 2 heterocycles. The number of hydrogen-bond acceptors (Lipinski definition) is 8. The lowest BCUT2D eigenvalue weighted by Gasteiger charge is -2.15. The van der Waals surface area contributed by atoms with Crippen LogP contribution in [0.15, 0.2) is 48.1 Å². The van der Waals surface area contributed by atoms with E-state index in [1.165, 1.54) is 54.5 Å². The van der Waals surface area contributed by atoms with E-state index in [4.69, 9.17) is 9.47 Å². The number of nitrogens with one attached hydrogen (secondary N) is 1. The highest BCUT2D eigenvalue weighted by atomic mass is 32.2. The van der Waals surface area contributed by atoms with Crippen LogP contribution in [0, 0.1) is 12.7 Å². The average molecular weight is 491 g/mol. The number of rotatable bonds is 10. The van der Waals surface area contributed by atoms with Gasteiger partial charge in [0, 0.05) is 11.4 Å². The van der Waals surface area contributed by atoms with E-state index in [2.05, 4.69) is 22.1 Å². The number of methoxy groups -OCH3 is 1. The van der Waals surface area contributed by atoms with Crippen molar-refractivity contribution in [1.82, 2.24) is 14.8 Å². The van der Waals surface area contributed by atoms with Gasteiger partial charge in [0.15, 0.2) is 17.1 Å². The van der Waals surface area contributed by atoms with Crippen molar-refractivity contribution in [2.75, 3.05) is 18.2 Å². The highest BCUT2D eigenvalue weighted by molar-refractivity contribution is 7.99. The summed E-state index contributed by atoms with van der Waals surface area (Å²) in [5.74, 6) is -0.0503. The highest BCUT2D eigenvalue weighted by Gasteiger charge is 2.21. The Balaban J connectivity index is 1.68. The maximum absolute atomic E-state index is 13.1. The predicted octanol–water partition coefficient (Wildman–Crippen LogP) is 4.63. The number of anilines is 1. The first kappa shape index (κ1) is 24.5. The summed E-state index contributed by atoms with van der Waals surface area (Å²) in [5.41, 5.74) is 0.322. The summed E-state index contributed by atoms with van der Waals surface area (Å²) in [6.07, 6.45) is 1.22. The van der Waals surface area contributed by atoms with Crippen LogP contribution in [0.1, 0.15) is 34.1 Å². The second-order valence-corrected chi connectivity index (χ2v) is 9.08. The molecule has 1 unspecified atom stereocenters. The van der Waals surface area contributed by atoms with E-state index in [9.17, 15) is 14.0 Å². The van der Waals surface area contributed by atoms with Crippen LogP contribution in [0.4, 0.5) is 9.39 Å². The minimum atomic E-state index is -0.507. The largest absolute Gasteiger partial charge is 0.483 e. The van der Waals surface area contributed by atoms with Gasteiger partial charge in [0.25, 0.3) is 0 Å². The van der Waals surface area contributed by atoms with Crippen molar-refractivity contribution >= 4 is 40.0 Å².